The molecular formula is C25H40F6N4O10. The van der Waals surface area contributed by atoms with Crippen LogP contribution in [0.5, 0.6) is 0 Å². The summed E-state index contributed by atoms with van der Waals surface area (Å²) >= 11 is 0. The van der Waals surface area contributed by atoms with Gasteiger partial charge in [0.1, 0.15) is 0 Å². The summed E-state index contributed by atoms with van der Waals surface area (Å²) in [4.78, 5) is 26.5. The zero-order valence-corrected chi connectivity index (χ0v) is 25.1. The summed E-state index contributed by atoms with van der Waals surface area (Å²) in [7, 11) is 1.16. The summed E-state index contributed by atoms with van der Waals surface area (Å²) in [6.07, 6.45) is -12.1. The molecule has 8 N–H and O–H groups in total. The van der Waals surface area contributed by atoms with Crippen molar-refractivity contribution in [3.8, 4) is 0 Å². The van der Waals surface area contributed by atoms with Crippen LogP contribution in [-0.4, -0.2) is 140 Å². The second kappa shape index (κ2) is 12.7. The lowest BCUT2D eigenvalue weighted by atomic mass is 9.90. The van der Waals surface area contributed by atoms with Gasteiger partial charge in [-0.3, -0.25) is 4.79 Å². The van der Waals surface area contributed by atoms with Gasteiger partial charge in [0.25, 0.3) is 0 Å². The lowest BCUT2D eigenvalue weighted by molar-refractivity contribution is -0.604. The molecule has 4 unspecified atom stereocenters. The van der Waals surface area contributed by atoms with Gasteiger partial charge < -0.3 is 50.7 Å². The number of hydrogen-bond donors (Lipinski definition) is 8. The summed E-state index contributed by atoms with van der Waals surface area (Å²) in [5, 5.41) is 84.4. The highest BCUT2D eigenvalue weighted by Gasteiger charge is 2.79. The van der Waals surface area contributed by atoms with Crippen LogP contribution in [0, 0.1) is 5.92 Å². The van der Waals surface area contributed by atoms with Crippen LogP contribution in [0.3, 0.4) is 0 Å². The molecule has 262 valence electrons. The minimum absolute atomic E-state index is 0.0558. The van der Waals surface area contributed by atoms with E-state index in [0.29, 0.717) is 13.0 Å². The maximum absolute atomic E-state index is 13.5. The van der Waals surface area contributed by atoms with Crippen molar-refractivity contribution >= 4 is 11.9 Å². The Hall–Kier alpha value is -2.30. The van der Waals surface area contributed by atoms with Gasteiger partial charge in [0.15, 0.2) is 0 Å². The highest BCUT2D eigenvalue weighted by Crippen LogP contribution is 2.47. The molecule has 0 spiro atoms. The average molecular weight is 671 g/mol. The fourth-order valence-electron chi connectivity index (χ4n) is 5.67. The van der Waals surface area contributed by atoms with Crippen molar-refractivity contribution in [3.05, 3.63) is 11.6 Å². The molecule has 20 heteroatoms. The van der Waals surface area contributed by atoms with E-state index in [-0.39, 0.29) is 23.4 Å². The Kier molecular flexibility index (Phi) is 11.0. The first kappa shape index (κ1) is 38.9. The number of urea groups is 1. The van der Waals surface area contributed by atoms with Gasteiger partial charge in [-0.25, -0.2) is 9.69 Å². The quantitative estimate of drug-likeness (QED) is 0.102. The van der Waals surface area contributed by atoms with Crippen molar-refractivity contribution in [3.63, 3.8) is 0 Å². The molecule has 0 bridgehead atoms. The minimum atomic E-state index is -4.73. The molecule has 3 amide bonds. The van der Waals surface area contributed by atoms with E-state index in [1.165, 1.54) is 13.8 Å². The molecule has 45 heavy (non-hydrogen) atoms. The Bertz CT molecular complexity index is 1100. The van der Waals surface area contributed by atoms with E-state index in [0.717, 1.165) is 23.8 Å². The first-order valence-electron chi connectivity index (χ1n) is 13.8. The van der Waals surface area contributed by atoms with Gasteiger partial charge in [-0.2, -0.15) is 31.2 Å². The number of aliphatic hydroxyl groups is 8. The molecule has 2 aliphatic heterocycles. The van der Waals surface area contributed by atoms with E-state index in [9.17, 15) is 76.8 Å². The number of allylic oxidation sites excluding steroid dienone is 1. The van der Waals surface area contributed by atoms with Gasteiger partial charge in [0.2, 0.25) is 5.91 Å². The Morgan fingerprint density at radius 2 is 1.42 bits per heavy atom. The standard InChI is InChI=1S/C25H40F6N4O10/c1-6-17-12-18(35-24(42,43)22(38,39)34(15(4)36)23(40,41)25(35,44)45)8-10-33(17)19(37)32(5)14(3)16(7-9-20(26,27)28)11-13(2)21(29,30)31/h7,13-14,17-18,38-45H,6,8-12H2,1-5H3. The third-order valence-corrected chi connectivity index (χ3v) is 8.40. The highest BCUT2D eigenvalue weighted by molar-refractivity contribution is 5.76. The molecular weight excluding hydrogens is 630 g/mol. The van der Waals surface area contributed by atoms with Crippen LogP contribution in [-0.2, 0) is 4.79 Å². The largest absolute Gasteiger partial charge is 0.392 e. The second-order valence-electron chi connectivity index (χ2n) is 11.5. The lowest BCUT2D eigenvalue weighted by Gasteiger charge is -2.62. The number of hydrogen-bond acceptors (Lipinski definition) is 11. The molecule has 0 aliphatic carbocycles. The number of amides is 3. The smallest absolute Gasteiger partial charge is 0.347 e. The first-order chi connectivity index (χ1) is 20.1. The number of carbonyl (C=O) groups excluding carboxylic acids is 2. The molecule has 14 nitrogen and oxygen atoms in total. The van der Waals surface area contributed by atoms with Crippen LogP contribution in [0.25, 0.3) is 0 Å². The van der Waals surface area contributed by atoms with Gasteiger partial charge in [-0.15, -0.1) is 0 Å². The third kappa shape index (κ3) is 7.33. The van der Waals surface area contributed by atoms with Crippen molar-refractivity contribution in [1.29, 1.82) is 0 Å². The first-order valence-corrected chi connectivity index (χ1v) is 13.8. The SMILES string of the molecule is CCC1CC(N2C(O)(O)C(O)(O)N(C(C)=O)C(O)(O)C2(O)O)CCN1C(=O)N(C)C(C)C(=CCC(F)(F)F)CC(C)C(F)(F)F. The number of rotatable bonds is 7. The van der Waals surface area contributed by atoms with Crippen LogP contribution in [0.15, 0.2) is 11.6 Å². The maximum atomic E-state index is 13.5. The number of nitrogens with zero attached hydrogens (tertiary/aromatic N) is 4. The zero-order chi connectivity index (χ0) is 35.3. The number of piperidine rings is 1. The number of likely N-dealkylation sites (tertiary alicyclic amines) is 1. The third-order valence-electron chi connectivity index (χ3n) is 8.40. The summed E-state index contributed by atoms with van der Waals surface area (Å²) in [5.41, 5.74) is -0.306. The van der Waals surface area contributed by atoms with Crippen molar-refractivity contribution in [2.45, 2.75) is 114 Å². The van der Waals surface area contributed by atoms with Crippen LogP contribution in [0.1, 0.15) is 59.8 Å². The van der Waals surface area contributed by atoms with Gasteiger partial charge in [-0.1, -0.05) is 25.5 Å². The molecule has 2 aliphatic rings. The van der Waals surface area contributed by atoms with Gasteiger partial charge in [0.05, 0.1) is 18.4 Å². The fourth-order valence-corrected chi connectivity index (χ4v) is 5.67. The van der Waals surface area contributed by atoms with Crippen molar-refractivity contribution < 1.29 is 76.8 Å². The zero-order valence-electron chi connectivity index (χ0n) is 25.1. The molecule has 0 aromatic rings. The predicted octanol–water partition coefficient (Wildman–Crippen LogP) is -0.145. The number of carbonyl (C=O) groups is 2. The Morgan fingerprint density at radius 1 is 0.933 bits per heavy atom. The second-order valence-corrected chi connectivity index (χ2v) is 11.5. The summed E-state index contributed by atoms with van der Waals surface area (Å²) < 4.78 is 78.6. The van der Waals surface area contributed by atoms with Crippen LogP contribution < -0.4 is 0 Å². The van der Waals surface area contributed by atoms with Crippen LogP contribution in [0.4, 0.5) is 31.1 Å². The minimum Gasteiger partial charge on any atom is -0.347 e. The molecule has 0 radical (unpaired) electrons. The topological polar surface area (TPSA) is 209 Å². The van der Waals surface area contributed by atoms with Crippen molar-refractivity contribution in [1.82, 2.24) is 19.6 Å². The molecule has 2 heterocycles. The lowest BCUT2D eigenvalue weighted by Crippen LogP contribution is -2.92. The van der Waals surface area contributed by atoms with E-state index in [1.54, 1.807) is 0 Å². The number of piperazine rings is 1. The van der Waals surface area contributed by atoms with Gasteiger partial charge in [-0.05, 0) is 32.6 Å². The molecule has 0 aromatic carbocycles. The number of alkyl halides is 6. The normalized spacial score (nSPS) is 26.8. The van der Waals surface area contributed by atoms with E-state index in [1.807, 2.05) is 0 Å². The summed E-state index contributed by atoms with van der Waals surface area (Å²) in [5.74, 6) is -20.5. The van der Waals surface area contributed by atoms with Gasteiger partial charge in [0, 0.05) is 32.6 Å². The Balaban J connectivity index is 2.39. The van der Waals surface area contributed by atoms with Crippen LogP contribution >= 0.6 is 0 Å². The summed E-state index contributed by atoms with van der Waals surface area (Å²) in [6.45, 7) is 3.70. The Labute approximate surface area is 254 Å². The Morgan fingerprint density at radius 3 is 1.82 bits per heavy atom. The molecule has 4 atom stereocenters. The highest BCUT2D eigenvalue weighted by atomic mass is 19.4. The van der Waals surface area contributed by atoms with Crippen molar-refractivity contribution in [2.75, 3.05) is 13.6 Å². The molecule has 0 saturated carbocycles. The van der Waals surface area contributed by atoms with E-state index < -0.39 is 103 Å². The fraction of sp³-hybridized carbons (Fsp3) is 0.840. The predicted molar refractivity (Wildman–Crippen MR) is 138 cm³/mol. The monoisotopic (exact) mass is 670 g/mol. The summed E-state index contributed by atoms with van der Waals surface area (Å²) in [6, 6.07) is -4.65. The van der Waals surface area contributed by atoms with Crippen molar-refractivity contribution in [2.24, 2.45) is 5.92 Å². The average Bonchev–Trinajstić information content (AvgIpc) is 2.86. The number of halogens is 6. The van der Waals surface area contributed by atoms with Crippen LogP contribution in [0.2, 0.25) is 0 Å². The molecule has 2 rings (SSSR count). The van der Waals surface area contributed by atoms with Gasteiger partial charge >= 0.3 is 42.0 Å². The van der Waals surface area contributed by atoms with E-state index in [2.05, 4.69) is 0 Å². The molecule has 2 saturated heterocycles. The molecule has 0 aromatic heterocycles. The van der Waals surface area contributed by atoms with E-state index in [4.69, 9.17) is 0 Å². The molecule has 2 fully saturated rings. The van der Waals surface area contributed by atoms with E-state index >= 15 is 0 Å². The number of likely N-dealkylation sites (N-methyl/N-ethyl adjacent to an activating group) is 1. The maximum Gasteiger partial charge on any atom is 0.392 e.